The Bertz CT molecular complexity index is 304. The number of benzene rings is 1. The molecule has 16 heavy (non-hydrogen) atoms. The standard InChI is InChI=1S/C14H24N2/c1-11(2)10-13(16-15)14(3,4)12-8-6-5-7-9-12/h5-9,11,13,16H,10,15H2,1-4H3. The lowest BCUT2D eigenvalue weighted by atomic mass is 9.75. The average Bonchev–Trinajstić information content (AvgIpc) is 2.26. The van der Waals surface area contributed by atoms with Gasteiger partial charge in [-0.15, -0.1) is 0 Å². The molecule has 0 fully saturated rings. The SMILES string of the molecule is CC(C)CC(NN)C(C)(C)c1ccccc1. The van der Waals surface area contributed by atoms with E-state index in [-0.39, 0.29) is 5.41 Å². The highest BCUT2D eigenvalue weighted by Gasteiger charge is 2.30. The van der Waals surface area contributed by atoms with Gasteiger partial charge in [0.2, 0.25) is 0 Å². The molecule has 0 spiro atoms. The number of hydrogen-bond donors (Lipinski definition) is 2. The van der Waals surface area contributed by atoms with Crippen LogP contribution in [0.25, 0.3) is 0 Å². The average molecular weight is 220 g/mol. The van der Waals surface area contributed by atoms with Gasteiger partial charge in [0, 0.05) is 11.5 Å². The third-order valence-electron chi connectivity index (χ3n) is 3.30. The quantitative estimate of drug-likeness (QED) is 0.591. The molecule has 1 rings (SSSR count). The fraction of sp³-hybridized carbons (Fsp3) is 0.571. The molecule has 2 nitrogen and oxygen atoms in total. The fourth-order valence-corrected chi connectivity index (χ4v) is 2.11. The molecule has 0 radical (unpaired) electrons. The summed E-state index contributed by atoms with van der Waals surface area (Å²) >= 11 is 0. The van der Waals surface area contributed by atoms with Gasteiger partial charge < -0.3 is 0 Å². The van der Waals surface area contributed by atoms with Crippen LogP contribution in [-0.4, -0.2) is 6.04 Å². The van der Waals surface area contributed by atoms with Crippen molar-refractivity contribution in [3.63, 3.8) is 0 Å². The second-order valence-corrected chi connectivity index (χ2v) is 5.44. The van der Waals surface area contributed by atoms with Crippen molar-refractivity contribution in [1.82, 2.24) is 5.43 Å². The molecule has 1 aromatic carbocycles. The Morgan fingerprint density at radius 2 is 1.75 bits per heavy atom. The molecule has 0 saturated heterocycles. The summed E-state index contributed by atoms with van der Waals surface area (Å²) in [6.07, 6.45) is 1.08. The van der Waals surface area contributed by atoms with E-state index in [4.69, 9.17) is 5.84 Å². The lowest BCUT2D eigenvalue weighted by Crippen LogP contribution is -2.48. The summed E-state index contributed by atoms with van der Waals surface area (Å²) < 4.78 is 0. The molecule has 0 heterocycles. The lowest BCUT2D eigenvalue weighted by molar-refractivity contribution is 0.296. The number of nitrogens with one attached hydrogen (secondary N) is 1. The van der Waals surface area contributed by atoms with Crippen LogP contribution < -0.4 is 11.3 Å². The first-order valence-electron chi connectivity index (χ1n) is 6.00. The van der Waals surface area contributed by atoms with Gasteiger partial charge >= 0.3 is 0 Å². The molecule has 1 unspecified atom stereocenters. The third-order valence-corrected chi connectivity index (χ3v) is 3.30. The molecule has 0 saturated carbocycles. The van der Waals surface area contributed by atoms with E-state index >= 15 is 0 Å². The Labute approximate surface area is 99.2 Å². The van der Waals surface area contributed by atoms with Crippen LogP contribution >= 0.6 is 0 Å². The van der Waals surface area contributed by atoms with Crippen molar-refractivity contribution < 1.29 is 0 Å². The molecule has 1 atom stereocenters. The van der Waals surface area contributed by atoms with E-state index in [1.165, 1.54) is 5.56 Å². The first-order chi connectivity index (χ1) is 7.48. The maximum atomic E-state index is 5.69. The zero-order valence-corrected chi connectivity index (χ0v) is 10.8. The second kappa shape index (κ2) is 5.46. The Hall–Kier alpha value is -0.860. The molecule has 90 valence electrons. The van der Waals surface area contributed by atoms with Crippen molar-refractivity contribution in [3.05, 3.63) is 35.9 Å². The normalized spacial score (nSPS) is 14.1. The Kier molecular flexibility index (Phi) is 4.51. The fourth-order valence-electron chi connectivity index (χ4n) is 2.11. The van der Waals surface area contributed by atoms with E-state index in [9.17, 15) is 0 Å². The van der Waals surface area contributed by atoms with Crippen molar-refractivity contribution in [2.45, 2.75) is 45.6 Å². The molecule has 0 aliphatic carbocycles. The maximum Gasteiger partial charge on any atom is 0.0304 e. The highest BCUT2D eigenvalue weighted by atomic mass is 15.2. The minimum Gasteiger partial charge on any atom is -0.271 e. The van der Waals surface area contributed by atoms with Crippen LogP contribution in [0.4, 0.5) is 0 Å². The molecular formula is C14H24N2. The predicted molar refractivity (Wildman–Crippen MR) is 70.0 cm³/mol. The van der Waals surface area contributed by atoms with Gasteiger partial charge in [-0.3, -0.25) is 11.3 Å². The van der Waals surface area contributed by atoms with Crippen LogP contribution in [0, 0.1) is 5.92 Å². The van der Waals surface area contributed by atoms with E-state index in [2.05, 4.69) is 57.4 Å². The first kappa shape index (κ1) is 13.2. The van der Waals surface area contributed by atoms with Gasteiger partial charge in [-0.2, -0.15) is 0 Å². The molecule has 2 heteroatoms. The minimum absolute atomic E-state index is 0.0558. The van der Waals surface area contributed by atoms with Crippen LogP contribution in [-0.2, 0) is 5.41 Å². The molecule has 3 N–H and O–H groups in total. The van der Waals surface area contributed by atoms with Gasteiger partial charge in [0.15, 0.2) is 0 Å². The summed E-state index contributed by atoms with van der Waals surface area (Å²) in [6, 6.07) is 10.9. The van der Waals surface area contributed by atoms with Crippen LogP contribution in [0.3, 0.4) is 0 Å². The zero-order chi connectivity index (χ0) is 12.2. The minimum atomic E-state index is 0.0558. The number of hydrazine groups is 1. The summed E-state index contributed by atoms with van der Waals surface area (Å²) in [5.41, 5.74) is 4.36. The highest BCUT2D eigenvalue weighted by Crippen LogP contribution is 2.29. The second-order valence-electron chi connectivity index (χ2n) is 5.44. The van der Waals surface area contributed by atoms with Crippen LogP contribution in [0.15, 0.2) is 30.3 Å². The van der Waals surface area contributed by atoms with Crippen molar-refractivity contribution >= 4 is 0 Å². The van der Waals surface area contributed by atoms with E-state index in [0.717, 1.165) is 6.42 Å². The third kappa shape index (κ3) is 3.06. The first-order valence-corrected chi connectivity index (χ1v) is 6.00. The Morgan fingerprint density at radius 3 is 2.19 bits per heavy atom. The smallest absolute Gasteiger partial charge is 0.0304 e. The van der Waals surface area contributed by atoms with Crippen LogP contribution in [0.2, 0.25) is 0 Å². The largest absolute Gasteiger partial charge is 0.271 e. The van der Waals surface area contributed by atoms with Crippen molar-refractivity contribution in [1.29, 1.82) is 0 Å². The Balaban J connectivity index is 2.90. The maximum absolute atomic E-state index is 5.69. The predicted octanol–water partition coefficient (Wildman–Crippen LogP) is 2.84. The molecule has 0 bridgehead atoms. The van der Waals surface area contributed by atoms with Gasteiger partial charge in [-0.05, 0) is 17.9 Å². The van der Waals surface area contributed by atoms with Crippen LogP contribution in [0.1, 0.15) is 39.7 Å². The lowest BCUT2D eigenvalue weighted by Gasteiger charge is -2.35. The summed E-state index contributed by atoms with van der Waals surface area (Å²) in [4.78, 5) is 0. The molecule has 0 aliphatic rings. The monoisotopic (exact) mass is 220 g/mol. The number of nitrogens with two attached hydrogens (primary N) is 1. The van der Waals surface area contributed by atoms with Gasteiger partial charge in [0.25, 0.3) is 0 Å². The Morgan fingerprint density at radius 1 is 1.19 bits per heavy atom. The van der Waals surface area contributed by atoms with Gasteiger partial charge in [-0.25, -0.2) is 0 Å². The molecule has 0 aliphatic heterocycles. The number of hydrogen-bond acceptors (Lipinski definition) is 2. The molecular weight excluding hydrogens is 196 g/mol. The summed E-state index contributed by atoms with van der Waals surface area (Å²) in [7, 11) is 0. The van der Waals surface area contributed by atoms with Crippen LogP contribution in [0.5, 0.6) is 0 Å². The molecule has 1 aromatic rings. The van der Waals surface area contributed by atoms with Crippen molar-refractivity contribution in [2.75, 3.05) is 0 Å². The van der Waals surface area contributed by atoms with Gasteiger partial charge in [0.05, 0.1) is 0 Å². The highest BCUT2D eigenvalue weighted by molar-refractivity contribution is 5.25. The zero-order valence-electron chi connectivity index (χ0n) is 10.8. The summed E-state index contributed by atoms with van der Waals surface area (Å²) in [5, 5.41) is 0. The van der Waals surface area contributed by atoms with E-state index in [0.29, 0.717) is 12.0 Å². The van der Waals surface area contributed by atoms with E-state index < -0.39 is 0 Å². The summed E-state index contributed by atoms with van der Waals surface area (Å²) in [6.45, 7) is 8.95. The summed E-state index contributed by atoms with van der Waals surface area (Å²) in [5.74, 6) is 6.34. The number of rotatable bonds is 5. The topological polar surface area (TPSA) is 38.0 Å². The molecule has 0 aromatic heterocycles. The van der Waals surface area contributed by atoms with Gasteiger partial charge in [0.1, 0.15) is 0 Å². The van der Waals surface area contributed by atoms with Gasteiger partial charge in [-0.1, -0.05) is 58.0 Å². The molecule has 0 amide bonds. The van der Waals surface area contributed by atoms with Crippen molar-refractivity contribution in [2.24, 2.45) is 11.8 Å². The van der Waals surface area contributed by atoms with E-state index in [1.54, 1.807) is 0 Å². The van der Waals surface area contributed by atoms with Crippen molar-refractivity contribution in [3.8, 4) is 0 Å². The van der Waals surface area contributed by atoms with E-state index in [1.807, 2.05) is 6.07 Å².